The quantitative estimate of drug-likeness (QED) is 0.371. The highest BCUT2D eigenvalue weighted by molar-refractivity contribution is 5.79. The van der Waals surface area contributed by atoms with Crippen LogP contribution in [0.25, 0.3) is 28.1 Å². The van der Waals surface area contributed by atoms with E-state index in [1.54, 1.807) is 22.8 Å². The van der Waals surface area contributed by atoms with Crippen LogP contribution in [0.2, 0.25) is 0 Å². The first-order chi connectivity index (χ1) is 18.6. The van der Waals surface area contributed by atoms with E-state index in [1.165, 1.54) is 29.1 Å². The van der Waals surface area contributed by atoms with Crippen LogP contribution < -0.4 is 10.4 Å². The Bertz CT molecular complexity index is 1890. The van der Waals surface area contributed by atoms with Gasteiger partial charge in [0.2, 0.25) is 5.95 Å². The van der Waals surface area contributed by atoms with E-state index in [9.17, 15) is 13.6 Å². The van der Waals surface area contributed by atoms with Gasteiger partial charge in [0.05, 0.1) is 29.4 Å². The molecule has 1 unspecified atom stereocenters. The molecule has 8 nitrogen and oxygen atoms in total. The molecule has 1 aliphatic rings. The molecule has 0 amide bonds. The Hall–Kier alpha value is -4.86. The van der Waals surface area contributed by atoms with E-state index in [0.29, 0.717) is 46.3 Å². The largest absolute Gasteiger partial charge is 0.490 e. The van der Waals surface area contributed by atoms with E-state index in [4.69, 9.17) is 14.7 Å². The van der Waals surface area contributed by atoms with Crippen LogP contribution in [0.5, 0.6) is 5.75 Å². The Labute approximate surface area is 214 Å². The summed E-state index contributed by atoms with van der Waals surface area (Å²) < 4.78 is 37.4. The lowest BCUT2D eigenvalue weighted by molar-refractivity contribution is 0.244. The van der Waals surface area contributed by atoms with Gasteiger partial charge in [-0.25, -0.2) is 23.5 Å². The maximum absolute atomic E-state index is 14.6. The third-order valence-corrected chi connectivity index (χ3v) is 6.88. The van der Waals surface area contributed by atoms with Gasteiger partial charge in [0.15, 0.2) is 17.2 Å². The number of para-hydroxylation sites is 1. The Balaban J connectivity index is 1.49. The molecule has 38 heavy (non-hydrogen) atoms. The maximum Gasteiger partial charge on any atom is 0.328 e. The number of hydrogen-bond donors (Lipinski definition) is 1. The van der Waals surface area contributed by atoms with Gasteiger partial charge < -0.3 is 9.72 Å². The van der Waals surface area contributed by atoms with Crippen molar-refractivity contribution in [1.82, 2.24) is 29.1 Å². The molecule has 0 saturated heterocycles. The van der Waals surface area contributed by atoms with Gasteiger partial charge in [0.1, 0.15) is 17.7 Å². The predicted molar refractivity (Wildman–Crippen MR) is 137 cm³/mol. The number of benzene rings is 3. The molecule has 188 valence electrons. The summed E-state index contributed by atoms with van der Waals surface area (Å²) in [6, 6.07) is 18.2. The zero-order chi connectivity index (χ0) is 25.8. The number of aromatic amines is 1. The van der Waals surface area contributed by atoms with Gasteiger partial charge >= 0.3 is 5.69 Å². The average molecular weight is 511 g/mol. The fraction of sp³-hybridized carbons (Fsp3) is 0.143. The van der Waals surface area contributed by atoms with Crippen LogP contribution in [0.1, 0.15) is 29.3 Å². The van der Waals surface area contributed by atoms with Crippen LogP contribution in [0.3, 0.4) is 0 Å². The van der Waals surface area contributed by atoms with E-state index in [-0.39, 0.29) is 24.0 Å². The second kappa shape index (κ2) is 8.62. The van der Waals surface area contributed by atoms with E-state index in [0.717, 1.165) is 5.56 Å². The minimum absolute atomic E-state index is 0.139. The van der Waals surface area contributed by atoms with E-state index in [2.05, 4.69) is 9.97 Å². The summed E-state index contributed by atoms with van der Waals surface area (Å²) in [5, 5.41) is 0. The number of nitrogens with one attached hydrogen (secondary N) is 1. The van der Waals surface area contributed by atoms with Crippen molar-refractivity contribution < 1.29 is 13.5 Å². The standard InChI is InChI=1S/C28H20F2N6O2/c29-17-9-10-20-23(14-17)35(15-31-20)27-32-21(13-16-5-2-1-3-6-16)24-26(34-27)36(28(37)33-24)22-11-12-38-25-18(22)7-4-8-19(25)30/h1-10,14-15,22H,11-13H2,(H,33,37). The molecule has 1 atom stereocenters. The average Bonchev–Trinajstić information content (AvgIpc) is 3.49. The number of imidazole rings is 2. The van der Waals surface area contributed by atoms with E-state index in [1.807, 2.05) is 30.3 Å². The van der Waals surface area contributed by atoms with Crippen LogP contribution in [-0.2, 0) is 6.42 Å². The monoisotopic (exact) mass is 510 g/mol. The highest BCUT2D eigenvalue weighted by atomic mass is 19.1. The van der Waals surface area contributed by atoms with Crippen LogP contribution in [0, 0.1) is 11.6 Å². The van der Waals surface area contributed by atoms with Crippen molar-refractivity contribution in [2.24, 2.45) is 0 Å². The van der Waals surface area contributed by atoms with Gasteiger partial charge in [-0.05, 0) is 23.8 Å². The molecule has 4 heterocycles. The molecule has 6 aromatic rings. The summed E-state index contributed by atoms with van der Waals surface area (Å²) in [6.07, 6.45) is 2.41. The van der Waals surface area contributed by atoms with E-state index >= 15 is 0 Å². The molecule has 0 saturated carbocycles. The number of H-pyrrole nitrogens is 1. The number of halogens is 2. The maximum atomic E-state index is 14.6. The Morgan fingerprint density at radius 2 is 1.89 bits per heavy atom. The van der Waals surface area contributed by atoms with Gasteiger partial charge in [-0.3, -0.25) is 9.13 Å². The summed E-state index contributed by atoms with van der Waals surface area (Å²) in [7, 11) is 0. The summed E-state index contributed by atoms with van der Waals surface area (Å²) in [6.45, 7) is 0.248. The summed E-state index contributed by atoms with van der Waals surface area (Å²) >= 11 is 0. The minimum Gasteiger partial charge on any atom is -0.490 e. The molecule has 0 fully saturated rings. The van der Waals surface area contributed by atoms with Crippen LogP contribution in [0.15, 0.2) is 77.9 Å². The van der Waals surface area contributed by atoms with Gasteiger partial charge in [-0.2, -0.15) is 4.98 Å². The van der Waals surface area contributed by atoms with Crippen LogP contribution >= 0.6 is 0 Å². The molecular formula is C28H20F2N6O2. The van der Waals surface area contributed by atoms with Crippen molar-refractivity contribution in [2.45, 2.75) is 18.9 Å². The lowest BCUT2D eigenvalue weighted by Crippen LogP contribution is -2.28. The lowest BCUT2D eigenvalue weighted by Gasteiger charge is -2.26. The molecular weight excluding hydrogens is 490 g/mol. The fourth-order valence-electron chi connectivity index (χ4n) is 5.14. The smallest absolute Gasteiger partial charge is 0.328 e. The Morgan fingerprint density at radius 1 is 1.03 bits per heavy atom. The second-order valence-corrected chi connectivity index (χ2v) is 9.19. The zero-order valence-electron chi connectivity index (χ0n) is 19.9. The van der Waals surface area contributed by atoms with Crippen molar-refractivity contribution in [1.29, 1.82) is 0 Å². The van der Waals surface area contributed by atoms with Crippen molar-refractivity contribution >= 4 is 22.2 Å². The molecule has 3 aromatic heterocycles. The number of fused-ring (bicyclic) bond motifs is 3. The Morgan fingerprint density at radius 3 is 2.76 bits per heavy atom. The van der Waals surface area contributed by atoms with Crippen molar-refractivity contribution in [3.05, 3.63) is 112 Å². The van der Waals surface area contributed by atoms with Crippen LogP contribution in [-0.4, -0.2) is 35.7 Å². The molecule has 3 aromatic carbocycles. The Kier molecular flexibility index (Phi) is 5.07. The number of aromatic nitrogens is 6. The zero-order valence-corrected chi connectivity index (χ0v) is 19.9. The highest BCUT2D eigenvalue weighted by Gasteiger charge is 2.29. The van der Waals surface area contributed by atoms with Crippen molar-refractivity contribution in [3.63, 3.8) is 0 Å². The molecule has 0 bridgehead atoms. The topological polar surface area (TPSA) is 90.6 Å². The number of rotatable bonds is 4. The number of hydrogen-bond acceptors (Lipinski definition) is 5. The van der Waals surface area contributed by atoms with Gasteiger partial charge in [0, 0.05) is 24.5 Å². The molecule has 0 aliphatic carbocycles. The van der Waals surface area contributed by atoms with Crippen LogP contribution in [0.4, 0.5) is 8.78 Å². The first-order valence-electron chi connectivity index (χ1n) is 12.2. The third kappa shape index (κ3) is 3.56. The summed E-state index contributed by atoms with van der Waals surface area (Å²) in [5.41, 5.74) is 3.71. The molecule has 1 aliphatic heterocycles. The predicted octanol–water partition coefficient (Wildman–Crippen LogP) is 4.70. The van der Waals surface area contributed by atoms with Gasteiger partial charge in [0.25, 0.3) is 0 Å². The first kappa shape index (κ1) is 22.3. The summed E-state index contributed by atoms with van der Waals surface area (Å²) in [4.78, 5) is 30.3. The second-order valence-electron chi connectivity index (χ2n) is 9.19. The highest BCUT2D eigenvalue weighted by Crippen LogP contribution is 2.37. The number of ether oxygens (including phenoxy) is 1. The van der Waals surface area contributed by atoms with E-state index < -0.39 is 17.7 Å². The molecule has 1 N–H and O–H groups in total. The SMILES string of the molecule is O=c1[nH]c2c(Cc3ccccc3)nc(-n3cnc4ccc(F)cc43)nc2n1C1CCOc2c(F)cccc21. The molecule has 7 rings (SSSR count). The minimum atomic E-state index is -0.500. The molecule has 0 radical (unpaired) electrons. The van der Waals surface area contributed by atoms with Crippen molar-refractivity contribution in [2.75, 3.05) is 6.61 Å². The molecule has 0 spiro atoms. The number of nitrogens with zero attached hydrogens (tertiary/aromatic N) is 5. The van der Waals surface area contributed by atoms with Gasteiger partial charge in [-0.1, -0.05) is 42.5 Å². The third-order valence-electron chi connectivity index (χ3n) is 6.88. The fourth-order valence-corrected chi connectivity index (χ4v) is 5.14. The molecule has 10 heteroatoms. The first-order valence-corrected chi connectivity index (χ1v) is 12.2. The van der Waals surface area contributed by atoms with Gasteiger partial charge in [-0.15, -0.1) is 0 Å². The lowest BCUT2D eigenvalue weighted by atomic mass is 10.00. The van der Waals surface area contributed by atoms with Crippen molar-refractivity contribution in [3.8, 4) is 11.7 Å². The summed E-state index contributed by atoms with van der Waals surface area (Å²) in [5.74, 6) is -0.507. The normalized spacial score (nSPS) is 15.1.